The fraction of sp³-hybridized carbons (Fsp3) is 0. The Balaban J connectivity index is 1.95. The van der Waals surface area contributed by atoms with E-state index in [0.717, 1.165) is 32.5 Å². The van der Waals surface area contributed by atoms with Crippen LogP contribution in [0, 0.1) is 0 Å². The van der Waals surface area contributed by atoms with Gasteiger partial charge < -0.3 is 0 Å². The van der Waals surface area contributed by atoms with Crippen LogP contribution in [0.4, 0.5) is 5.69 Å². The normalized spacial score (nSPS) is 11.6. The van der Waals surface area contributed by atoms with Crippen molar-refractivity contribution in [2.45, 2.75) is 0 Å². The molecule has 0 atom stereocenters. The highest BCUT2D eigenvalue weighted by Gasteiger charge is 2.10. The van der Waals surface area contributed by atoms with Crippen LogP contribution in [0.5, 0.6) is 0 Å². The molecular formula is C21H15ClN2S. The lowest BCUT2D eigenvalue weighted by molar-refractivity contribution is 1.01. The van der Waals surface area contributed by atoms with Gasteiger partial charge in [0.1, 0.15) is 0 Å². The van der Waals surface area contributed by atoms with Crippen molar-refractivity contribution in [3.8, 4) is 16.9 Å². The standard InChI is InChI=1S/C21H15ClN2S/c22-17-11-13-19(14-12-17)24-20(16-7-3-1-4-8-16)15-25-21(24)23-18-9-5-2-6-10-18/h1-15H. The molecule has 0 aliphatic carbocycles. The Morgan fingerprint density at radius 2 is 1.40 bits per heavy atom. The second kappa shape index (κ2) is 7.09. The molecule has 1 aromatic heterocycles. The van der Waals surface area contributed by atoms with Gasteiger partial charge in [-0.15, -0.1) is 11.3 Å². The van der Waals surface area contributed by atoms with Gasteiger partial charge in [-0.3, -0.25) is 4.57 Å². The summed E-state index contributed by atoms with van der Waals surface area (Å²) < 4.78 is 2.17. The molecule has 0 amide bonds. The summed E-state index contributed by atoms with van der Waals surface area (Å²) in [6.07, 6.45) is 0. The molecule has 1 heterocycles. The van der Waals surface area contributed by atoms with E-state index in [2.05, 4.69) is 22.1 Å². The molecule has 0 unspecified atom stereocenters. The van der Waals surface area contributed by atoms with Crippen molar-refractivity contribution in [3.05, 3.63) is 100 Å². The highest BCUT2D eigenvalue weighted by Crippen LogP contribution is 2.24. The lowest BCUT2D eigenvalue weighted by Gasteiger charge is -2.09. The Morgan fingerprint density at radius 3 is 2.08 bits per heavy atom. The van der Waals surface area contributed by atoms with Crippen LogP contribution in [0.25, 0.3) is 16.9 Å². The molecule has 122 valence electrons. The molecule has 2 nitrogen and oxygen atoms in total. The Hall–Kier alpha value is -2.62. The third kappa shape index (κ3) is 3.43. The molecule has 4 aromatic rings. The zero-order valence-electron chi connectivity index (χ0n) is 13.3. The van der Waals surface area contributed by atoms with Crippen molar-refractivity contribution in [1.29, 1.82) is 0 Å². The maximum Gasteiger partial charge on any atom is 0.195 e. The largest absolute Gasteiger partial charge is 0.285 e. The zero-order chi connectivity index (χ0) is 17.1. The monoisotopic (exact) mass is 362 g/mol. The predicted molar refractivity (Wildman–Crippen MR) is 106 cm³/mol. The van der Waals surface area contributed by atoms with Crippen LogP contribution in [-0.4, -0.2) is 4.57 Å². The molecule has 0 radical (unpaired) electrons. The first kappa shape index (κ1) is 15.9. The number of benzene rings is 3. The molecule has 0 saturated heterocycles. The Labute approximate surface area is 155 Å². The summed E-state index contributed by atoms with van der Waals surface area (Å²) in [5, 5.41) is 2.87. The smallest absolute Gasteiger partial charge is 0.195 e. The molecule has 0 bridgehead atoms. The predicted octanol–water partition coefficient (Wildman–Crippen LogP) is 6.09. The van der Waals surface area contributed by atoms with Crippen LogP contribution >= 0.6 is 22.9 Å². The third-order valence-corrected chi connectivity index (χ3v) is 4.92. The van der Waals surface area contributed by atoms with Crippen molar-refractivity contribution in [3.63, 3.8) is 0 Å². The number of aromatic nitrogens is 1. The minimum Gasteiger partial charge on any atom is -0.285 e. The first-order valence-electron chi connectivity index (χ1n) is 7.93. The van der Waals surface area contributed by atoms with Gasteiger partial charge in [0, 0.05) is 16.1 Å². The minimum absolute atomic E-state index is 0.724. The summed E-state index contributed by atoms with van der Waals surface area (Å²) in [5.74, 6) is 0. The molecule has 0 aliphatic rings. The third-order valence-electron chi connectivity index (χ3n) is 3.84. The lowest BCUT2D eigenvalue weighted by Crippen LogP contribution is -2.13. The Morgan fingerprint density at radius 1 is 0.760 bits per heavy atom. The number of hydrogen-bond donors (Lipinski definition) is 0. The van der Waals surface area contributed by atoms with Crippen LogP contribution in [0.15, 0.2) is 95.3 Å². The van der Waals surface area contributed by atoms with Crippen LogP contribution < -0.4 is 4.80 Å². The van der Waals surface area contributed by atoms with Crippen molar-refractivity contribution in [2.24, 2.45) is 4.99 Å². The van der Waals surface area contributed by atoms with Gasteiger partial charge in [-0.05, 0) is 42.0 Å². The maximum atomic E-state index is 6.07. The van der Waals surface area contributed by atoms with Gasteiger partial charge in [-0.25, -0.2) is 4.99 Å². The Kier molecular flexibility index (Phi) is 4.51. The number of thiazole rings is 1. The van der Waals surface area contributed by atoms with E-state index in [0.29, 0.717) is 0 Å². The molecule has 0 N–H and O–H groups in total. The summed E-state index contributed by atoms with van der Waals surface area (Å²) in [7, 11) is 0. The average Bonchev–Trinajstić information content (AvgIpc) is 3.07. The molecule has 0 spiro atoms. The van der Waals surface area contributed by atoms with E-state index in [4.69, 9.17) is 16.6 Å². The van der Waals surface area contributed by atoms with E-state index >= 15 is 0 Å². The molecular weight excluding hydrogens is 348 g/mol. The minimum atomic E-state index is 0.724. The van der Waals surface area contributed by atoms with Gasteiger partial charge in [-0.2, -0.15) is 0 Å². The van der Waals surface area contributed by atoms with Crippen LogP contribution in [0.2, 0.25) is 5.02 Å². The van der Waals surface area contributed by atoms with E-state index < -0.39 is 0 Å². The number of hydrogen-bond acceptors (Lipinski definition) is 2. The van der Waals surface area contributed by atoms with Crippen molar-refractivity contribution >= 4 is 28.6 Å². The van der Waals surface area contributed by atoms with Gasteiger partial charge >= 0.3 is 0 Å². The van der Waals surface area contributed by atoms with E-state index in [1.807, 2.05) is 72.8 Å². The second-order valence-corrected chi connectivity index (χ2v) is 6.80. The zero-order valence-corrected chi connectivity index (χ0v) is 14.9. The fourth-order valence-corrected chi connectivity index (χ4v) is 3.70. The quantitative estimate of drug-likeness (QED) is 0.419. The molecule has 0 fully saturated rings. The number of para-hydroxylation sites is 1. The average molecular weight is 363 g/mol. The summed E-state index contributed by atoms with van der Waals surface area (Å²) in [5.41, 5.74) is 4.25. The summed E-state index contributed by atoms with van der Waals surface area (Å²) in [4.78, 5) is 5.76. The summed E-state index contributed by atoms with van der Waals surface area (Å²) in [6.45, 7) is 0. The first-order valence-corrected chi connectivity index (χ1v) is 9.19. The molecule has 3 aromatic carbocycles. The number of halogens is 1. The van der Waals surface area contributed by atoms with Gasteiger partial charge in [0.25, 0.3) is 0 Å². The second-order valence-electron chi connectivity index (χ2n) is 5.53. The van der Waals surface area contributed by atoms with Crippen molar-refractivity contribution in [1.82, 2.24) is 4.57 Å². The molecule has 0 saturated carbocycles. The lowest BCUT2D eigenvalue weighted by atomic mass is 10.1. The summed E-state index contributed by atoms with van der Waals surface area (Å²) in [6, 6.07) is 28.2. The fourth-order valence-electron chi connectivity index (χ4n) is 2.65. The number of rotatable bonds is 3. The molecule has 4 heteroatoms. The van der Waals surface area contributed by atoms with Gasteiger partial charge in [0.05, 0.1) is 11.4 Å². The van der Waals surface area contributed by atoms with Crippen molar-refractivity contribution < 1.29 is 0 Å². The van der Waals surface area contributed by atoms with E-state index in [1.54, 1.807) is 11.3 Å². The van der Waals surface area contributed by atoms with Crippen LogP contribution in [-0.2, 0) is 0 Å². The van der Waals surface area contributed by atoms with E-state index in [-0.39, 0.29) is 0 Å². The highest BCUT2D eigenvalue weighted by atomic mass is 35.5. The topological polar surface area (TPSA) is 17.3 Å². The first-order chi connectivity index (χ1) is 12.3. The van der Waals surface area contributed by atoms with Crippen molar-refractivity contribution in [2.75, 3.05) is 0 Å². The van der Waals surface area contributed by atoms with Crippen LogP contribution in [0.1, 0.15) is 0 Å². The maximum absolute atomic E-state index is 6.07. The van der Waals surface area contributed by atoms with Gasteiger partial charge in [-0.1, -0.05) is 60.1 Å². The number of nitrogens with zero attached hydrogens (tertiary/aromatic N) is 2. The summed E-state index contributed by atoms with van der Waals surface area (Å²) >= 11 is 7.70. The SMILES string of the molecule is Clc1ccc(-n2c(-c3ccccc3)csc2=Nc2ccccc2)cc1. The molecule has 0 aliphatic heterocycles. The van der Waals surface area contributed by atoms with Gasteiger partial charge in [0.2, 0.25) is 0 Å². The molecule has 4 rings (SSSR count). The van der Waals surface area contributed by atoms with E-state index in [9.17, 15) is 0 Å². The van der Waals surface area contributed by atoms with E-state index in [1.165, 1.54) is 0 Å². The van der Waals surface area contributed by atoms with Gasteiger partial charge in [0.15, 0.2) is 4.80 Å². The highest BCUT2D eigenvalue weighted by molar-refractivity contribution is 7.07. The van der Waals surface area contributed by atoms with Crippen LogP contribution in [0.3, 0.4) is 0 Å². The Bertz CT molecular complexity index is 1030. The molecule has 25 heavy (non-hydrogen) atoms.